The van der Waals surface area contributed by atoms with Crippen molar-refractivity contribution in [1.29, 1.82) is 0 Å². The summed E-state index contributed by atoms with van der Waals surface area (Å²) >= 11 is 0. The summed E-state index contributed by atoms with van der Waals surface area (Å²) in [5.74, 6) is 0.108. The van der Waals surface area contributed by atoms with Gasteiger partial charge in [-0.15, -0.1) is 0 Å². The molecule has 3 nitrogen and oxygen atoms in total. The Morgan fingerprint density at radius 2 is 0.962 bits per heavy atom. The fourth-order valence-corrected chi connectivity index (χ4v) is 4.29. The number of aryl methyl sites for hydroxylation is 1. The summed E-state index contributed by atoms with van der Waals surface area (Å²) in [7, 11) is -3.38. The average molecular weight is 365 g/mol. The molecule has 0 saturated heterocycles. The largest absolute Gasteiger partial charge is 0.215 e. The van der Waals surface area contributed by atoms with Crippen molar-refractivity contribution in [3.8, 4) is 0 Å². The third kappa shape index (κ3) is 5.28. The van der Waals surface area contributed by atoms with E-state index in [4.69, 9.17) is 0 Å². The zero-order chi connectivity index (χ0) is 18.2. The van der Waals surface area contributed by atoms with Crippen molar-refractivity contribution in [2.75, 3.05) is 5.75 Å². The zero-order valence-corrected chi connectivity index (χ0v) is 15.5. The highest BCUT2D eigenvalue weighted by molar-refractivity contribution is 7.89. The predicted octanol–water partition coefficient (Wildman–Crippen LogP) is 4.26. The van der Waals surface area contributed by atoms with E-state index in [9.17, 15) is 8.42 Å². The van der Waals surface area contributed by atoms with E-state index in [1.165, 1.54) is 0 Å². The van der Waals surface area contributed by atoms with Crippen LogP contribution in [0.3, 0.4) is 0 Å². The van der Waals surface area contributed by atoms with Crippen LogP contribution in [0.1, 0.15) is 16.7 Å². The van der Waals surface area contributed by atoms with Crippen LogP contribution in [-0.2, 0) is 29.5 Å². The van der Waals surface area contributed by atoms with Crippen LogP contribution >= 0.6 is 0 Å². The smallest absolute Gasteiger partial charge is 0.212 e. The first-order chi connectivity index (χ1) is 12.6. The van der Waals surface area contributed by atoms with Crippen LogP contribution in [0, 0.1) is 0 Å². The summed E-state index contributed by atoms with van der Waals surface area (Å²) in [6, 6.07) is 29.2. The highest BCUT2D eigenvalue weighted by Gasteiger charge is 2.22. The van der Waals surface area contributed by atoms with Crippen molar-refractivity contribution in [2.45, 2.75) is 19.5 Å². The molecule has 3 aromatic rings. The van der Waals surface area contributed by atoms with Gasteiger partial charge in [-0.3, -0.25) is 0 Å². The number of sulfonamides is 1. The van der Waals surface area contributed by atoms with Gasteiger partial charge in [0.2, 0.25) is 10.0 Å². The van der Waals surface area contributed by atoms with Crippen molar-refractivity contribution in [3.05, 3.63) is 108 Å². The second-order valence-corrected chi connectivity index (χ2v) is 8.38. The molecule has 0 radical (unpaired) electrons. The molecule has 0 amide bonds. The molecule has 0 unspecified atom stereocenters. The molecule has 0 heterocycles. The van der Waals surface area contributed by atoms with E-state index >= 15 is 0 Å². The molecule has 134 valence electrons. The first-order valence-electron chi connectivity index (χ1n) is 8.73. The van der Waals surface area contributed by atoms with E-state index < -0.39 is 10.0 Å². The maximum Gasteiger partial charge on any atom is 0.215 e. The Balaban J connectivity index is 1.78. The van der Waals surface area contributed by atoms with Gasteiger partial charge < -0.3 is 0 Å². The fourth-order valence-electron chi connectivity index (χ4n) is 2.85. The van der Waals surface area contributed by atoms with Crippen molar-refractivity contribution in [3.63, 3.8) is 0 Å². The SMILES string of the molecule is O=S(=O)(CCc1ccccc1)N(Cc1ccccc1)Cc1ccccc1. The lowest BCUT2D eigenvalue weighted by molar-refractivity contribution is 0.401. The Hall–Kier alpha value is -2.43. The molecule has 4 heteroatoms. The minimum atomic E-state index is -3.38. The molecule has 0 N–H and O–H groups in total. The number of rotatable bonds is 8. The van der Waals surface area contributed by atoms with Crippen LogP contribution in [0.15, 0.2) is 91.0 Å². The van der Waals surface area contributed by atoms with Gasteiger partial charge in [0, 0.05) is 13.1 Å². The maximum absolute atomic E-state index is 13.0. The third-order valence-electron chi connectivity index (χ3n) is 4.29. The second-order valence-electron chi connectivity index (χ2n) is 6.29. The first kappa shape index (κ1) is 18.4. The van der Waals surface area contributed by atoms with Crippen LogP contribution in [0.4, 0.5) is 0 Å². The van der Waals surface area contributed by atoms with E-state index in [0.717, 1.165) is 16.7 Å². The van der Waals surface area contributed by atoms with Crippen molar-refractivity contribution in [1.82, 2.24) is 4.31 Å². The average Bonchev–Trinajstić information content (AvgIpc) is 2.68. The topological polar surface area (TPSA) is 37.4 Å². The highest BCUT2D eigenvalue weighted by Crippen LogP contribution is 2.16. The number of hydrogen-bond acceptors (Lipinski definition) is 2. The fraction of sp³-hybridized carbons (Fsp3) is 0.182. The molecule has 0 bridgehead atoms. The number of nitrogens with zero attached hydrogens (tertiary/aromatic N) is 1. The summed E-state index contributed by atoms with van der Waals surface area (Å²) in [4.78, 5) is 0. The number of hydrogen-bond donors (Lipinski definition) is 0. The molecule has 26 heavy (non-hydrogen) atoms. The van der Waals surface area contributed by atoms with Gasteiger partial charge in [0.25, 0.3) is 0 Å². The Morgan fingerprint density at radius 1 is 0.577 bits per heavy atom. The highest BCUT2D eigenvalue weighted by atomic mass is 32.2. The molecule has 0 spiro atoms. The second kappa shape index (κ2) is 8.79. The standard InChI is InChI=1S/C22H23NO2S/c24-26(25,17-16-20-10-4-1-5-11-20)23(18-21-12-6-2-7-13-21)19-22-14-8-3-9-15-22/h1-15H,16-19H2. The maximum atomic E-state index is 13.0. The first-order valence-corrected chi connectivity index (χ1v) is 10.3. The van der Waals surface area contributed by atoms with E-state index in [2.05, 4.69) is 0 Å². The summed E-state index contributed by atoms with van der Waals surface area (Å²) in [5, 5.41) is 0. The molecule has 0 aromatic heterocycles. The zero-order valence-electron chi connectivity index (χ0n) is 14.7. The van der Waals surface area contributed by atoms with Crippen LogP contribution < -0.4 is 0 Å². The van der Waals surface area contributed by atoms with E-state index in [-0.39, 0.29) is 5.75 Å². The Morgan fingerprint density at radius 3 is 1.38 bits per heavy atom. The predicted molar refractivity (Wildman–Crippen MR) is 106 cm³/mol. The lowest BCUT2D eigenvalue weighted by atomic mass is 10.2. The van der Waals surface area contributed by atoms with Gasteiger partial charge in [-0.2, -0.15) is 4.31 Å². The van der Waals surface area contributed by atoms with Crippen LogP contribution in [-0.4, -0.2) is 18.5 Å². The van der Waals surface area contributed by atoms with Crippen LogP contribution in [0.25, 0.3) is 0 Å². The molecule has 3 aromatic carbocycles. The van der Waals surface area contributed by atoms with E-state index in [1.807, 2.05) is 91.0 Å². The van der Waals surface area contributed by atoms with Gasteiger partial charge in [-0.25, -0.2) is 8.42 Å². The minimum Gasteiger partial charge on any atom is -0.212 e. The monoisotopic (exact) mass is 365 g/mol. The summed E-state index contributed by atoms with van der Waals surface area (Å²) < 4.78 is 27.7. The third-order valence-corrected chi connectivity index (χ3v) is 6.05. The summed E-state index contributed by atoms with van der Waals surface area (Å²) in [6.45, 7) is 0.764. The van der Waals surface area contributed by atoms with E-state index in [0.29, 0.717) is 19.5 Å². The lowest BCUT2D eigenvalue weighted by Crippen LogP contribution is -2.32. The van der Waals surface area contributed by atoms with Gasteiger partial charge in [-0.05, 0) is 23.1 Å². The molecule has 0 aliphatic carbocycles. The van der Waals surface area contributed by atoms with Gasteiger partial charge in [-0.1, -0.05) is 91.0 Å². The molecular weight excluding hydrogens is 342 g/mol. The van der Waals surface area contributed by atoms with Crippen molar-refractivity contribution in [2.24, 2.45) is 0 Å². The van der Waals surface area contributed by atoms with Gasteiger partial charge in [0.05, 0.1) is 5.75 Å². The molecule has 0 saturated carbocycles. The summed E-state index contributed by atoms with van der Waals surface area (Å²) in [5.41, 5.74) is 3.02. The Kier molecular flexibility index (Phi) is 6.21. The molecule has 0 aliphatic heterocycles. The quantitative estimate of drug-likeness (QED) is 0.598. The van der Waals surface area contributed by atoms with Crippen LogP contribution in [0.2, 0.25) is 0 Å². The molecular formula is C22H23NO2S. The summed E-state index contributed by atoms with van der Waals surface area (Å²) in [6.07, 6.45) is 0.517. The molecule has 0 fully saturated rings. The molecule has 0 atom stereocenters. The van der Waals surface area contributed by atoms with Gasteiger partial charge >= 0.3 is 0 Å². The van der Waals surface area contributed by atoms with Crippen LogP contribution in [0.5, 0.6) is 0 Å². The molecule has 3 rings (SSSR count). The molecule has 0 aliphatic rings. The van der Waals surface area contributed by atoms with E-state index in [1.54, 1.807) is 4.31 Å². The van der Waals surface area contributed by atoms with Crippen molar-refractivity contribution >= 4 is 10.0 Å². The van der Waals surface area contributed by atoms with Gasteiger partial charge in [0.1, 0.15) is 0 Å². The lowest BCUT2D eigenvalue weighted by Gasteiger charge is -2.22. The number of benzene rings is 3. The Bertz CT molecular complexity index is 853. The Labute approximate surface area is 156 Å². The minimum absolute atomic E-state index is 0.108. The van der Waals surface area contributed by atoms with Gasteiger partial charge in [0.15, 0.2) is 0 Å². The normalized spacial score (nSPS) is 11.6. The van der Waals surface area contributed by atoms with Crippen molar-refractivity contribution < 1.29 is 8.42 Å².